The van der Waals surface area contributed by atoms with Crippen molar-refractivity contribution in [3.8, 4) is 0 Å². The molecule has 0 aliphatic carbocycles. The maximum atomic E-state index is 12.5. The number of benzene rings is 2. The Bertz CT molecular complexity index is 1110. The van der Waals surface area contributed by atoms with E-state index >= 15 is 0 Å². The molecule has 27 heavy (non-hydrogen) atoms. The van der Waals surface area contributed by atoms with Crippen molar-refractivity contribution in [1.29, 1.82) is 0 Å². The zero-order chi connectivity index (χ0) is 18.8. The Morgan fingerprint density at radius 1 is 1.11 bits per heavy atom. The van der Waals surface area contributed by atoms with E-state index in [0.717, 1.165) is 0 Å². The van der Waals surface area contributed by atoms with Crippen LogP contribution < -0.4 is 5.32 Å². The number of aryl methyl sites for hydroxylation is 1. The molecule has 0 aliphatic heterocycles. The second kappa shape index (κ2) is 7.25. The Labute approximate surface area is 161 Å². The average Bonchev–Trinajstić information content (AvgIpc) is 3.28. The van der Waals surface area contributed by atoms with Gasteiger partial charge in [-0.1, -0.05) is 54.1 Å². The molecule has 4 aromatic rings. The molecule has 136 valence electrons. The number of nitrogens with one attached hydrogen (secondary N) is 1. The lowest BCUT2D eigenvalue weighted by Crippen LogP contribution is -2.17. The number of carbonyl (C=O) groups is 1. The van der Waals surface area contributed by atoms with Crippen LogP contribution in [0.15, 0.2) is 61.1 Å². The van der Waals surface area contributed by atoms with E-state index in [4.69, 9.17) is 11.6 Å². The van der Waals surface area contributed by atoms with E-state index in [1.807, 2.05) is 25.1 Å². The largest absolute Gasteiger partial charge is 0.318 e. The summed E-state index contributed by atoms with van der Waals surface area (Å²) in [7, 11) is 0. The van der Waals surface area contributed by atoms with Crippen LogP contribution in [0, 0.1) is 0 Å². The standard InChI is InChI=1S/C20H18ClN5O/c1-2-26-19(18(21)11-23-26)20(27)24-16-10-22-25(13-16)12-15-8-5-7-14-6-3-4-9-17(14)15/h3-11,13H,2,12H2,1H3,(H,24,27). The van der Waals surface area contributed by atoms with Crippen LogP contribution >= 0.6 is 11.6 Å². The van der Waals surface area contributed by atoms with Gasteiger partial charge in [0.05, 0.1) is 29.6 Å². The summed E-state index contributed by atoms with van der Waals surface area (Å²) in [5.74, 6) is -0.302. The van der Waals surface area contributed by atoms with Gasteiger partial charge in [0.15, 0.2) is 0 Å². The van der Waals surface area contributed by atoms with Crippen LogP contribution in [0.25, 0.3) is 10.8 Å². The molecule has 6 nitrogen and oxygen atoms in total. The predicted molar refractivity (Wildman–Crippen MR) is 106 cm³/mol. The molecule has 0 spiro atoms. The van der Waals surface area contributed by atoms with Gasteiger partial charge in [-0.05, 0) is 23.3 Å². The van der Waals surface area contributed by atoms with E-state index in [0.29, 0.717) is 29.5 Å². The number of nitrogens with zero attached hydrogens (tertiary/aromatic N) is 4. The zero-order valence-electron chi connectivity index (χ0n) is 14.8. The molecule has 0 bridgehead atoms. The third-order valence-electron chi connectivity index (χ3n) is 4.41. The summed E-state index contributed by atoms with van der Waals surface area (Å²) in [6, 6.07) is 14.5. The molecular formula is C20H18ClN5O. The Morgan fingerprint density at radius 3 is 2.78 bits per heavy atom. The second-order valence-electron chi connectivity index (χ2n) is 6.18. The SMILES string of the molecule is CCn1ncc(Cl)c1C(=O)Nc1cnn(Cc2cccc3ccccc23)c1. The first-order valence-corrected chi connectivity index (χ1v) is 9.05. The highest BCUT2D eigenvalue weighted by atomic mass is 35.5. The molecule has 0 unspecified atom stereocenters. The molecule has 0 radical (unpaired) electrons. The minimum absolute atomic E-state index is 0.302. The maximum Gasteiger partial charge on any atom is 0.275 e. The van der Waals surface area contributed by atoms with Crippen molar-refractivity contribution in [2.24, 2.45) is 0 Å². The van der Waals surface area contributed by atoms with E-state index in [1.165, 1.54) is 22.5 Å². The van der Waals surface area contributed by atoms with Gasteiger partial charge >= 0.3 is 0 Å². The number of aromatic nitrogens is 4. The molecule has 0 aliphatic rings. The third kappa shape index (κ3) is 3.44. The lowest BCUT2D eigenvalue weighted by Gasteiger charge is -2.07. The van der Waals surface area contributed by atoms with Crippen molar-refractivity contribution in [2.75, 3.05) is 5.32 Å². The Morgan fingerprint density at radius 2 is 1.93 bits per heavy atom. The van der Waals surface area contributed by atoms with Gasteiger partial charge in [0.1, 0.15) is 5.69 Å². The number of hydrogen-bond acceptors (Lipinski definition) is 3. The summed E-state index contributed by atoms with van der Waals surface area (Å²) < 4.78 is 3.37. The molecule has 1 amide bonds. The summed E-state index contributed by atoms with van der Waals surface area (Å²) in [6.45, 7) is 3.09. The normalized spacial score (nSPS) is 11.0. The number of rotatable bonds is 5. The summed E-state index contributed by atoms with van der Waals surface area (Å²) in [6.07, 6.45) is 4.91. The van der Waals surface area contributed by atoms with Crippen LogP contribution in [0.4, 0.5) is 5.69 Å². The van der Waals surface area contributed by atoms with Gasteiger partial charge in [-0.3, -0.25) is 14.2 Å². The van der Waals surface area contributed by atoms with Gasteiger partial charge in [0.25, 0.3) is 5.91 Å². The molecule has 0 saturated heterocycles. The minimum Gasteiger partial charge on any atom is -0.318 e. The first kappa shape index (κ1) is 17.3. The molecule has 1 N–H and O–H groups in total. The average molecular weight is 380 g/mol. The summed E-state index contributed by atoms with van der Waals surface area (Å²) >= 11 is 6.09. The van der Waals surface area contributed by atoms with E-state index in [1.54, 1.807) is 21.8 Å². The van der Waals surface area contributed by atoms with Crippen LogP contribution in [-0.4, -0.2) is 25.5 Å². The molecule has 0 atom stereocenters. The van der Waals surface area contributed by atoms with Gasteiger partial charge in [-0.2, -0.15) is 10.2 Å². The first-order valence-electron chi connectivity index (χ1n) is 8.67. The van der Waals surface area contributed by atoms with Gasteiger partial charge in [0, 0.05) is 12.7 Å². The fraction of sp³-hybridized carbons (Fsp3) is 0.150. The molecule has 2 aromatic carbocycles. The van der Waals surface area contributed by atoms with E-state index in [9.17, 15) is 4.79 Å². The monoisotopic (exact) mass is 379 g/mol. The van der Waals surface area contributed by atoms with Gasteiger partial charge in [-0.15, -0.1) is 0 Å². The third-order valence-corrected chi connectivity index (χ3v) is 4.69. The number of anilines is 1. The van der Waals surface area contributed by atoms with E-state index < -0.39 is 0 Å². The summed E-state index contributed by atoms with van der Waals surface area (Å²) in [5, 5.41) is 14.0. The quantitative estimate of drug-likeness (QED) is 0.565. The highest BCUT2D eigenvalue weighted by Gasteiger charge is 2.17. The van der Waals surface area contributed by atoms with Crippen LogP contribution in [0.2, 0.25) is 5.02 Å². The zero-order valence-corrected chi connectivity index (χ0v) is 15.5. The fourth-order valence-corrected chi connectivity index (χ4v) is 3.36. The lowest BCUT2D eigenvalue weighted by molar-refractivity contribution is 0.101. The van der Waals surface area contributed by atoms with Gasteiger partial charge in [-0.25, -0.2) is 0 Å². The van der Waals surface area contributed by atoms with Crippen molar-refractivity contribution >= 4 is 34.0 Å². The minimum atomic E-state index is -0.302. The molecule has 0 saturated carbocycles. The predicted octanol–water partition coefficient (Wildman–Crippen LogP) is 4.21. The molecule has 4 rings (SSSR count). The first-order chi connectivity index (χ1) is 13.2. The van der Waals surface area contributed by atoms with Crippen molar-refractivity contribution in [1.82, 2.24) is 19.6 Å². The molecule has 0 fully saturated rings. The topological polar surface area (TPSA) is 64.7 Å². The van der Waals surface area contributed by atoms with Gasteiger partial charge < -0.3 is 5.32 Å². The smallest absolute Gasteiger partial charge is 0.275 e. The molecule has 2 heterocycles. The maximum absolute atomic E-state index is 12.5. The van der Waals surface area contributed by atoms with Crippen molar-refractivity contribution < 1.29 is 4.79 Å². The van der Waals surface area contributed by atoms with Crippen molar-refractivity contribution in [3.63, 3.8) is 0 Å². The number of hydrogen-bond donors (Lipinski definition) is 1. The van der Waals surface area contributed by atoms with Gasteiger partial charge in [0.2, 0.25) is 0 Å². The number of halogens is 1. The van der Waals surface area contributed by atoms with Crippen LogP contribution in [0.5, 0.6) is 0 Å². The molecule has 7 heteroatoms. The van der Waals surface area contributed by atoms with E-state index in [2.05, 4.69) is 39.8 Å². The van der Waals surface area contributed by atoms with Crippen LogP contribution in [-0.2, 0) is 13.1 Å². The second-order valence-corrected chi connectivity index (χ2v) is 6.58. The molecular weight excluding hydrogens is 362 g/mol. The van der Waals surface area contributed by atoms with Crippen molar-refractivity contribution in [3.05, 3.63) is 77.3 Å². The Hall–Kier alpha value is -3.12. The Balaban J connectivity index is 1.53. The Kier molecular flexibility index (Phi) is 4.64. The highest BCUT2D eigenvalue weighted by Crippen LogP contribution is 2.20. The van der Waals surface area contributed by atoms with Crippen LogP contribution in [0.1, 0.15) is 23.0 Å². The fourth-order valence-electron chi connectivity index (χ4n) is 3.14. The van der Waals surface area contributed by atoms with E-state index in [-0.39, 0.29) is 5.91 Å². The number of amides is 1. The van der Waals surface area contributed by atoms with Crippen LogP contribution in [0.3, 0.4) is 0 Å². The number of fused-ring (bicyclic) bond motifs is 1. The highest BCUT2D eigenvalue weighted by molar-refractivity contribution is 6.34. The summed E-state index contributed by atoms with van der Waals surface area (Å²) in [4.78, 5) is 12.5. The van der Waals surface area contributed by atoms with Crippen molar-refractivity contribution in [2.45, 2.75) is 20.0 Å². The molecule has 2 aromatic heterocycles. The number of carbonyl (C=O) groups excluding carboxylic acids is 1. The summed E-state index contributed by atoms with van der Waals surface area (Å²) in [5.41, 5.74) is 2.13. The lowest BCUT2D eigenvalue weighted by atomic mass is 10.0.